The summed E-state index contributed by atoms with van der Waals surface area (Å²) in [5, 5.41) is 19.4. The van der Waals surface area contributed by atoms with E-state index in [0.717, 1.165) is 11.3 Å². The molecule has 4 N–H and O–H groups in total. The first-order valence-electron chi connectivity index (χ1n) is 11.1. The number of nitrogens with one attached hydrogen (secondary N) is 3. The fourth-order valence-electron chi connectivity index (χ4n) is 4.17. The summed E-state index contributed by atoms with van der Waals surface area (Å²) in [6.45, 7) is 0.531. The maximum Gasteiger partial charge on any atom is 0.319 e. The van der Waals surface area contributed by atoms with Crippen molar-refractivity contribution < 1.29 is 28.9 Å². The van der Waals surface area contributed by atoms with E-state index < -0.39 is 24.3 Å². The quantitative estimate of drug-likeness (QED) is 0.452. The Morgan fingerprint density at radius 2 is 1.94 bits per heavy atom. The molecule has 2 aromatic rings. The van der Waals surface area contributed by atoms with Gasteiger partial charge in [-0.1, -0.05) is 29.8 Å². The highest BCUT2D eigenvalue weighted by atomic mass is 35.5. The van der Waals surface area contributed by atoms with Crippen LogP contribution in [0.1, 0.15) is 18.4 Å². The minimum absolute atomic E-state index is 0.122. The Balaban J connectivity index is 1.17. The predicted octanol–water partition coefficient (Wildman–Crippen LogP) is 2.46. The third-order valence-corrected chi connectivity index (χ3v) is 6.12. The van der Waals surface area contributed by atoms with Gasteiger partial charge < -0.3 is 35.3 Å². The molecule has 2 aliphatic heterocycles. The predicted molar refractivity (Wildman–Crippen MR) is 126 cm³/mol. The van der Waals surface area contributed by atoms with Crippen molar-refractivity contribution in [1.29, 1.82) is 0 Å². The van der Waals surface area contributed by atoms with Gasteiger partial charge in [0, 0.05) is 30.2 Å². The van der Waals surface area contributed by atoms with Crippen LogP contribution in [-0.4, -0.2) is 61.2 Å². The molecule has 2 aliphatic rings. The lowest BCUT2D eigenvalue weighted by Gasteiger charge is -2.20. The van der Waals surface area contributed by atoms with Crippen molar-refractivity contribution in [3.8, 4) is 5.75 Å². The highest BCUT2D eigenvalue weighted by molar-refractivity contribution is 6.30. The zero-order valence-electron chi connectivity index (χ0n) is 18.7. The van der Waals surface area contributed by atoms with Gasteiger partial charge in [0.2, 0.25) is 5.91 Å². The van der Waals surface area contributed by atoms with E-state index in [1.165, 1.54) is 0 Å². The van der Waals surface area contributed by atoms with Crippen molar-refractivity contribution in [2.75, 3.05) is 19.0 Å². The molecule has 3 amide bonds. The summed E-state index contributed by atoms with van der Waals surface area (Å²) in [6.07, 6.45) is -1.98. The Morgan fingerprint density at radius 3 is 2.65 bits per heavy atom. The summed E-state index contributed by atoms with van der Waals surface area (Å²) in [6, 6.07) is 13.8. The highest BCUT2D eigenvalue weighted by Gasteiger charge is 2.50. The van der Waals surface area contributed by atoms with Gasteiger partial charge in [0.25, 0.3) is 0 Å². The molecule has 0 unspecified atom stereocenters. The number of aliphatic hydroxyl groups is 1. The number of methoxy groups -OCH3 is 1. The Bertz CT molecular complexity index is 1000. The van der Waals surface area contributed by atoms with Crippen molar-refractivity contribution >= 4 is 29.2 Å². The summed E-state index contributed by atoms with van der Waals surface area (Å²) >= 11 is 5.91. The van der Waals surface area contributed by atoms with Gasteiger partial charge in [-0.2, -0.15) is 0 Å². The molecule has 9 nitrogen and oxygen atoms in total. The van der Waals surface area contributed by atoms with Crippen molar-refractivity contribution in [1.82, 2.24) is 10.6 Å². The van der Waals surface area contributed by atoms with E-state index in [2.05, 4.69) is 16.0 Å². The number of aliphatic hydroxyl groups excluding tert-OH is 1. The van der Waals surface area contributed by atoms with Crippen LogP contribution in [0.2, 0.25) is 5.02 Å². The smallest absolute Gasteiger partial charge is 0.319 e. The van der Waals surface area contributed by atoms with E-state index in [1.807, 2.05) is 24.3 Å². The van der Waals surface area contributed by atoms with Gasteiger partial charge in [0.05, 0.1) is 25.7 Å². The maximum atomic E-state index is 12.3. The van der Waals surface area contributed by atoms with E-state index in [1.54, 1.807) is 31.4 Å². The highest BCUT2D eigenvalue weighted by Crippen LogP contribution is 2.35. The minimum atomic E-state index is -0.899. The van der Waals surface area contributed by atoms with Crippen LogP contribution in [0.25, 0.3) is 0 Å². The van der Waals surface area contributed by atoms with Crippen LogP contribution in [0.4, 0.5) is 10.5 Å². The molecule has 0 radical (unpaired) electrons. The molecule has 0 spiro atoms. The summed E-state index contributed by atoms with van der Waals surface area (Å²) in [7, 11) is 1.60. The number of rotatable bonds is 8. The molecule has 182 valence electrons. The Morgan fingerprint density at radius 1 is 1.15 bits per heavy atom. The number of ether oxygens (including phenoxy) is 3. The second-order valence-corrected chi connectivity index (χ2v) is 8.77. The average molecular weight is 490 g/mol. The largest absolute Gasteiger partial charge is 0.497 e. The summed E-state index contributed by atoms with van der Waals surface area (Å²) in [5.74, 6) is 0.626. The maximum absolute atomic E-state index is 12.3. The van der Waals surface area contributed by atoms with Crippen molar-refractivity contribution in [2.24, 2.45) is 0 Å². The van der Waals surface area contributed by atoms with E-state index in [-0.39, 0.29) is 31.1 Å². The van der Waals surface area contributed by atoms with Crippen molar-refractivity contribution in [2.45, 2.75) is 49.9 Å². The first-order chi connectivity index (χ1) is 16.4. The SMILES string of the molecule is COc1ccc(CNC(=O)C[C@@H]2C[C@H]3O[C@H](CNC(=O)Nc4cccc(Cl)c4)[C@@H](O)[C@H]3O2)cc1. The minimum Gasteiger partial charge on any atom is -0.497 e. The lowest BCUT2D eigenvalue weighted by atomic mass is 10.1. The van der Waals surface area contributed by atoms with Gasteiger partial charge >= 0.3 is 6.03 Å². The number of halogens is 1. The van der Waals surface area contributed by atoms with Gasteiger partial charge in [-0.3, -0.25) is 4.79 Å². The molecule has 5 atom stereocenters. The number of hydrogen-bond donors (Lipinski definition) is 4. The average Bonchev–Trinajstić information content (AvgIpc) is 3.34. The van der Waals surface area contributed by atoms with Crippen LogP contribution >= 0.6 is 11.6 Å². The molecule has 2 heterocycles. The van der Waals surface area contributed by atoms with Crippen molar-refractivity contribution in [3.05, 3.63) is 59.1 Å². The molecular formula is C24H28ClN3O6. The molecule has 0 aromatic heterocycles. The zero-order valence-corrected chi connectivity index (χ0v) is 19.5. The van der Waals surface area contributed by atoms with Crippen LogP contribution in [-0.2, 0) is 20.8 Å². The van der Waals surface area contributed by atoms with Gasteiger partial charge in [0.1, 0.15) is 24.1 Å². The van der Waals surface area contributed by atoms with Gasteiger partial charge in [-0.05, 0) is 35.9 Å². The molecule has 34 heavy (non-hydrogen) atoms. The van der Waals surface area contributed by atoms with E-state index in [9.17, 15) is 14.7 Å². The molecule has 0 aliphatic carbocycles. The number of carbonyl (C=O) groups excluding carboxylic acids is 2. The number of carbonyl (C=O) groups is 2. The molecule has 0 saturated carbocycles. The first-order valence-corrected chi connectivity index (χ1v) is 11.5. The Hall–Kier alpha value is -2.85. The Kier molecular flexibility index (Phi) is 7.89. The zero-order chi connectivity index (χ0) is 24.1. The van der Waals surface area contributed by atoms with Crippen LogP contribution in [0, 0.1) is 0 Å². The molecule has 0 bridgehead atoms. The summed E-state index contributed by atoms with van der Waals surface area (Å²) < 4.78 is 16.9. The summed E-state index contributed by atoms with van der Waals surface area (Å²) in [4.78, 5) is 24.4. The van der Waals surface area contributed by atoms with Gasteiger partial charge in [0.15, 0.2) is 0 Å². The third kappa shape index (κ3) is 6.18. The number of fused-ring (bicyclic) bond motifs is 1. The molecule has 2 saturated heterocycles. The van der Waals surface area contributed by atoms with E-state index in [0.29, 0.717) is 23.7 Å². The second kappa shape index (κ2) is 11.1. The van der Waals surface area contributed by atoms with E-state index in [4.69, 9.17) is 25.8 Å². The van der Waals surface area contributed by atoms with Crippen LogP contribution < -0.4 is 20.7 Å². The molecule has 4 rings (SSSR count). The third-order valence-electron chi connectivity index (χ3n) is 5.89. The monoisotopic (exact) mass is 489 g/mol. The van der Waals surface area contributed by atoms with E-state index >= 15 is 0 Å². The first kappa shape index (κ1) is 24.3. The number of amides is 3. The lowest BCUT2D eigenvalue weighted by Crippen LogP contribution is -2.42. The fourth-order valence-corrected chi connectivity index (χ4v) is 4.36. The number of urea groups is 1. The number of benzene rings is 2. The van der Waals surface area contributed by atoms with Crippen LogP contribution in [0.3, 0.4) is 0 Å². The normalized spacial score (nSPS) is 25.4. The van der Waals surface area contributed by atoms with Crippen LogP contribution in [0.5, 0.6) is 5.75 Å². The number of hydrogen-bond acceptors (Lipinski definition) is 6. The topological polar surface area (TPSA) is 118 Å². The van der Waals surface area contributed by atoms with Crippen molar-refractivity contribution in [3.63, 3.8) is 0 Å². The molecule has 2 fully saturated rings. The molecular weight excluding hydrogens is 462 g/mol. The fraction of sp³-hybridized carbons (Fsp3) is 0.417. The Labute approximate surface area is 202 Å². The molecule has 2 aromatic carbocycles. The van der Waals surface area contributed by atoms with Gasteiger partial charge in [-0.15, -0.1) is 0 Å². The van der Waals surface area contributed by atoms with Gasteiger partial charge in [-0.25, -0.2) is 4.79 Å². The lowest BCUT2D eigenvalue weighted by molar-refractivity contribution is -0.124. The number of anilines is 1. The summed E-state index contributed by atoms with van der Waals surface area (Å²) in [5.41, 5.74) is 1.53. The molecule has 10 heteroatoms. The van der Waals surface area contributed by atoms with Crippen LogP contribution in [0.15, 0.2) is 48.5 Å². The second-order valence-electron chi connectivity index (χ2n) is 8.34. The standard InChI is InChI=1S/C24H28ClN3O6/c1-32-17-7-5-14(6-8-17)12-26-21(29)11-18-10-19-23(33-18)22(30)20(34-19)13-27-24(31)28-16-4-2-3-15(25)9-16/h2-9,18-20,22-23,30H,10-13H2,1H3,(H,26,29)(H2,27,28,31)/t18-,19+,20+,22+,23-/m0/s1.